The minimum Gasteiger partial charge on any atom is -0.470 e. The number of carbonyl (C=O) groups excluding carboxylic acids is 1. The zero-order chi connectivity index (χ0) is 29.9. The number of sulfonamides is 1. The number of aromatic nitrogens is 2. The van der Waals surface area contributed by atoms with Gasteiger partial charge in [-0.15, -0.1) is 0 Å². The Morgan fingerprint density at radius 3 is 2.69 bits per heavy atom. The number of hydrogen-bond donors (Lipinski definition) is 1. The van der Waals surface area contributed by atoms with Gasteiger partial charge >= 0.3 is 0 Å². The maximum Gasteiger partial charge on any atom is 0.255 e. The van der Waals surface area contributed by atoms with Crippen LogP contribution in [0.4, 0.5) is 10.1 Å². The van der Waals surface area contributed by atoms with Gasteiger partial charge in [-0.05, 0) is 43.3 Å². The quantitative estimate of drug-likeness (QED) is 0.223. The number of oxime groups is 1. The van der Waals surface area contributed by atoms with Crippen molar-refractivity contribution in [3.63, 3.8) is 0 Å². The molecule has 1 aliphatic rings. The van der Waals surface area contributed by atoms with Crippen molar-refractivity contribution in [2.45, 2.75) is 13.7 Å². The summed E-state index contributed by atoms with van der Waals surface area (Å²) in [6, 6.07) is 13.2. The number of ether oxygens (including phenoxy) is 1. The van der Waals surface area contributed by atoms with E-state index >= 15 is 0 Å². The minimum atomic E-state index is -3.72. The molecule has 6 rings (SSSR count). The van der Waals surface area contributed by atoms with Gasteiger partial charge in [0.05, 0.1) is 34.4 Å². The molecule has 0 spiro atoms. The average Bonchev–Trinajstić information content (AvgIpc) is 3.54. The van der Waals surface area contributed by atoms with Crippen molar-refractivity contribution in [3.8, 4) is 28.4 Å². The molecule has 1 amide bonds. The van der Waals surface area contributed by atoms with Crippen molar-refractivity contribution in [2.75, 3.05) is 31.8 Å². The van der Waals surface area contributed by atoms with Crippen LogP contribution in [0.3, 0.4) is 0 Å². The lowest BCUT2D eigenvalue weighted by molar-refractivity contribution is 0.0963. The van der Waals surface area contributed by atoms with E-state index in [1.165, 1.54) is 27.3 Å². The van der Waals surface area contributed by atoms with Crippen molar-refractivity contribution >= 4 is 49.2 Å². The number of benzene rings is 2. The maximum atomic E-state index is 14.6. The molecule has 0 saturated heterocycles. The Hall–Kier alpha value is -4.91. The predicted molar refractivity (Wildman–Crippen MR) is 157 cm³/mol. The second-order valence-corrected chi connectivity index (χ2v) is 11.8. The lowest BCUT2D eigenvalue weighted by Crippen LogP contribution is -2.25. The van der Waals surface area contributed by atoms with Crippen LogP contribution in [0.25, 0.3) is 44.5 Å². The van der Waals surface area contributed by atoms with E-state index in [0.717, 1.165) is 10.6 Å². The highest BCUT2D eigenvalue weighted by Gasteiger charge is 2.28. The van der Waals surface area contributed by atoms with Crippen molar-refractivity contribution < 1.29 is 31.6 Å². The van der Waals surface area contributed by atoms with E-state index in [1.807, 2.05) is 4.57 Å². The first kappa shape index (κ1) is 27.3. The second-order valence-electron chi connectivity index (χ2n) is 9.79. The van der Waals surface area contributed by atoms with Gasteiger partial charge in [0.2, 0.25) is 10.0 Å². The average molecular weight is 592 g/mol. The summed E-state index contributed by atoms with van der Waals surface area (Å²) in [5.74, 6) is -0.117. The Bertz CT molecular complexity index is 2060. The minimum absolute atomic E-state index is 0.176. The van der Waals surface area contributed by atoms with Crippen molar-refractivity contribution in [1.82, 2.24) is 14.9 Å². The summed E-state index contributed by atoms with van der Waals surface area (Å²) in [6.45, 7) is 1.81. The Labute approximate surface area is 240 Å². The predicted octanol–water partition coefficient (Wildman–Crippen LogP) is 4.73. The molecule has 0 bridgehead atoms. The summed E-state index contributed by atoms with van der Waals surface area (Å²) < 4.78 is 55.0. The van der Waals surface area contributed by atoms with Gasteiger partial charge in [-0.3, -0.25) is 9.10 Å². The number of halogens is 1. The van der Waals surface area contributed by atoms with Gasteiger partial charge in [-0.2, -0.15) is 0 Å². The van der Waals surface area contributed by atoms with Gasteiger partial charge in [0.15, 0.2) is 12.5 Å². The molecule has 5 aromatic rings. The van der Waals surface area contributed by atoms with Gasteiger partial charge in [0.25, 0.3) is 5.91 Å². The number of fused-ring (bicyclic) bond motifs is 6. The Balaban J connectivity index is 1.64. The molecule has 3 aromatic heterocycles. The normalized spacial score (nSPS) is 13.0. The molecule has 0 unspecified atom stereocenters. The first-order chi connectivity index (χ1) is 20.0. The third-order valence-corrected chi connectivity index (χ3v) is 8.46. The molecule has 1 N–H and O–H groups in total. The van der Waals surface area contributed by atoms with Gasteiger partial charge in [0, 0.05) is 36.5 Å². The largest absolute Gasteiger partial charge is 0.470 e. The van der Waals surface area contributed by atoms with E-state index in [0.29, 0.717) is 50.4 Å². The van der Waals surface area contributed by atoms with Gasteiger partial charge < -0.3 is 23.9 Å². The number of amides is 1. The number of nitrogens with zero attached hydrogens (tertiary/aromatic N) is 4. The molecular weight excluding hydrogens is 565 g/mol. The molecule has 1 aliphatic heterocycles. The molecule has 2 aromatic carbocycles. The number of hydrogen-bond acceptors (Lipinski definition) is 8. The van der Waals surface area contributed by atoms with Gasteiger partial charge in [0.1, 0.15) is 35.7 Å². The van der Waals surface area contributed by atoms with Crippen LogP contribution in [0.15, 0.2) is 58.1 Å². The van der Waals surface area contributed by atoms with Crippen LogP contribution in [0.1, 0.15) is 23.0 Å². The number of rotatable bonds is 6. The van der Waals surface area contributed by atoms with Crippen LogP contribution < -0.4 is 14.4 Å². The van der Waals surface area contributed by atoms with E-state index in [2.05, 4.69) is 10.5 Å². The van der Waals surface area contributed by atoms with Crippen LogP contribution >= 0.6 is 0 Å². The molecule has 216 valence electrons. The summed E-state index contributed by atoms with van der Waals surface area (Å²) in [6.07, 6.45) is 1.08. The fourth-order valence-corrected chi connectivity index (χ4v) is 5.68. The topological polar surface area (TPSA) is 128 Å². The number of carbonyl (C=O) groups is 1. The Morgan fingerprint density at radius 1 is 1.19 bits per heavy atom. The van der Waals surface area contributed by atoms with Crippen molar-refractivity contribution in [3.05, 3.63) is 65.7 Å². The molecule has 0 fully saturated rings. The molecule has 0 saturated carbocycles. The number of furan rings is 1. The summed E-state index contributed by atoms with van der Waals surface area (Å²) in [5, 5.41) is 7.39. The summed E-state index contributed by atoms with van der Waals surface area (Å²) >= 11 is 0. The number of anilines is 1. The van der Waals surface area contributed by atoms with E-state index in [9.17, 15) is 17.6 Å². The van der Waals surface area contributed by atoms with Crippen LogP contribution in [0.5, 0.6) is 5.75 Å². The molecule has 0 radical (unpaired) electrons. The summed E-state index contributed by atoms with van der Waals surface area (Å²) in [7, 11) is 0.569. The molecule has 13 heteroatoms. The number of nitrogens with one attached hydrogen (secondary N) is 1. The van der Waals surface area contributed by atoms with Crippen LogP contribution in [-0.2, 0) is 21.6 Å². The van der Waals surface area contributed by atoms with Crippen molar-refractivity contribution in [2.24, 2.45) is 5.16 Å². The highest BCUT2D eigenvalue weighted by atomic mass is 32.2. The van der Waals surface area contributed by atoms with E-state index in [1.54, 1.807) is 49.4 Å². The zero-order valence-electron chi connectivity index (χ0n) is 23.4. The Morgan fingerprint density at radius 2 is 1.98 bits per heavy atom. The summed E-state index contributed by atoms with van der Waals surface area (Å²) in [4.78, 5) is 22.8. The smallest absolute Gasteiger partial charge is 0.255 e. The zero-order valence-corrected chi connectivity index (χ0v) is 24.2. The molecule has 0 aliphatic carbocycles. The van der Waals surface area contributed by atoms with E-state index in [4.69, 9.17) is 19.0 Å². The van der Waals surface area contributed by atoms with Gasteiger partial charge in [-0.25, -0.2) is 17.8 Å². The third-order valence-electron chi connectivity index (χ3n) is 7.27. The third kappa shape index (κ3) is 4.24. The molecular formula is C29H26FN5O6S. The van der Waals surface area contributed by atoms with E-state index < -0.39 is 15.9 Å². The first-order valence-electron chi connectivity index (χ1n) is 12.8. The summed E-state index contributed by atoms with van der Waals surface area (Å²) in [5.41, 5.74) is 3.65. The highest BCUT2D eigenvalue weighted by molar-refractivity contribution is 7.92. The molecule has 11 nitrogen and oxygen atoms in total. The fourth-order valence-electron chi connectivity index (χ4n) is 5.17. The number of pyridine rings is 1. The van der Waals surface area contributed by atoms with Gasteiger partial charge in [-0.1, -0.05) is 11.2 Å². The standard InChI is InChI=1S/C29H26FN5O6S/c1-15(33-39-4)28-26(29(36)31-2)18-11-17(22(13-25(18)41-28)34(3)42(5,37)38)20-9-10-24-27(32-20)23-12-16-19(30)7-6-8-21(16)35(23)14-40-24/h6-13H,14H2,1-5H3,(H,31,36)/b33-15+. The van der Waals surface area contributed by atoms with Crippen LogP contribution in [-0.4, -0.2) is 57.0 Å². The lowest BCUT2D eigenvalue weighted by Gasteiger charge is -2.23. The lowest BCUT2D eigenvalue weighted by atomic mass is 10.0. The highest BCUT2D eigenvalue weighted by Crippen LogP contribution is 2.42. The molecule has 0 atom stereocenters. The first-order valence-corrected chi connectivity index (χ1v) is 14.6. The second kappa shape index (κ2) is 9.87. The molecule has 42 heavy (non-hydrogen) atoms. The monoisotopic (exact) mass is 591 g/mol. The van der Waals surface area contributed by atoms with E-state index in [-0.39, 0.29) is 35.1 Å². The van der Waals surface area contributed by atoms with Crippen LogP contribution in [0, 0.1) is 5.82 Å². The Kier molecular flexibility index (Phi) is 6.41. The van der Waals surface area contributed by atoms with Crippen molar-refractivity contribution in [1.29, 1.82) is 0 Å². The SMILES string of the molecule is CNC(=O)c1c(/C(C)=N/OC)oc2cc(N(C)S(C)(=O)=O)c(-c3ccc4c(n3)-c3cc5c(F)cccc5n3CO4)cc12. The van der Waals surface area contributed by atoms with Crippen LogP contribution in [0.2, 0.25) is 0 Å². The fraction of sp³-hybridized carbons (Fsp3) is 0.207. The maximum absolute atomic E-state index is 14.6. The molecule has 4 heterocycles.